The quantitative estimate of drug-likeness (QED) is 0.888. The average molecular weight is 340 g/mol. The van der Waals surface area contributed by atoms with E-state index in [0.29, 0.717) is 12.6 Å². The zero-order chi connectivity index (χ0) is 17.1. The molecule has 2 atom stereocenters. The van der Waals surface area contributed by atoms with Gasteiger partial charge in [0.2, 0.25) is 0 Å². The van der Waals surface area contributed by atoms with Crippen molar-refractivity contribution in [2.24, 2.45) is 0 Å². The van der Waals surface area contributed by atoms with E-state index in [1.165, 1.54) is 25.8 Å². The Kier molecular flexibility index (Phi) is 4.65. The number of rotatable bonds is 4. The maximum Gasteiger partial charge on any atom is 0.315 e. The normalized spacial score (nSPS) is 23.2. The summed E-state index contributed by atoms with van der Waals surface area (Å²) < 4.78 is 1.71. The van der Waals surface area contributed by atoms with Crippen LogP contribution < -0.4 is 10.6 Å². The highest BCUT2D eigenvalue weighted by atomic mass is 16.2. The van der Waals surface area contributed by atoms with Crippen LogP contribution in [0.1, 0.15) is 31.2 Å². The van der Waals surface area contributed by atoms with Crippen molar-refractivity contribution in [3.05, 3.63) is 42.4 Å². The second kappa shape index (κ2) is 7.23. The molecule has 25 heavy (non-hydrogen) atoms. The highest BCUT2D eigenvalue weighted by molar-refractivity contribution is 5.74. The number of urea groups is 1. The van der Waals surface area contributed by atoms with Crippen LogP contribution in [0.4, 0.5) is 4.79 Å². The number of hydrogen-bond acceptors (Lipinski definition) is 4. The Morgan fingerprint density at radius 2 is 2.16 bits per heavy atom. The Morgan fingerprint density at radius 3 is 3.04 bits per heavy atom. The summed E-state index contributed by atoms with van der Waals surface area (Å²) in [5, 5.41) is 10.4. The molecule has 2 saturated heterocycles. The molecule has 132 valence electrons. The van der Waals surface area contributed by atoms with Crippen LogP contribution in [0.15, 0.2) is 36.8 Å². The van der Waals surface area contributed by atoms with Crippen molar-refractivity contribution >= 4 is 6.03 Å². The highest BCUT2D eigenvalue weighted by Crippen LogP contribution is 2.27. The molecule has 0 radical (unpaired) electrons. The largest absolute Gasteiger partial charge is 0.334 e. The molecule has 0 bridgehead atoms. The molecule has 2 aliphatic rings. The molecular formula is C18H24N6O. The molecule has 0 unspecified atom stereocenters. The van der Waals surface area contributed by atoms with Gasteiger partial charge in [-0.05, 0) is 37.9 Å². The molecule has 4 heterocycles. The number of nitrogens with one attached hydrogen (secondary N) is 2. The van der Waals surface area contributed by atoms with E-state index in [1.54, 1.807) is 17.1 Å². The molecule has 4 rings (SSSR count). The number of aromatic nitrogens is 3. The Hall–Kier alpha value is -2.41. The summed E-state index contributed by atoms with van der Waals surface area (Å²) in [6.07, 6.45) is 10.1. The van der Waals surface area contributed by atoms with Gasteiger partial charge in [-0.3, -0.25) is 4.90 Å². The monoisotopic (exact) mass is 340 g/mol. The van der Waals surface area contributed by atoms with Gasteiger partial charge < -0.3 is 10.6 Å². The van der Waals surface area contributed by atoms with Crippen LogP contribution in [0.25, 0.3) is 5.82 Å². The van der Waals surface area contributed by atoms with Crippen LogP contribution in [0.5, 0.6) is 0 Å². The smallest absolute Gasteiger partial charge is 0.315 e. The standard InChI is InChI=1S/C18H24N6O/c25-18(22-15-7-12-23-10-2-1-6-16(15)23)20-13-14-5-3-8-19-17(14)24-11-4-9-21-24/h3-5,8-9,11,15-16H,1-2,6-7,10,12-13H2,(H2,20,22,25)/t15-,16-/m1/s1. The van der Waals surface area contributed by atoms with Crippen molar-refractivity contribution < 1.29 is 4.79 Å². The maximum atomic E-state index is 12.4. The molecular weight excluding hydrogens is 316 g/mol. The molecule has 2 aromatic heterocycles. The number of hydrogen-bond donors (Lipinski definition) is 2. The van der Waals surface area contributed by atoms with Crippen molar-refractivity contribution in [3.63, 3.8) is 0 Å². The fourth-order valence-electron chi connectivity index (χ4n) is 3.98. The van der Waals surface area contributed by atoms with Crippen LogP contribution in [-0.2, 0) is 6.54 Å². The average Bonchev–Trinajstić information content (AvgIpc) is 3.31. The van der Waals surface area contributed by atoms with E-state index in [0.717, 1.165) is 24.3 Å². The first-order valence-electron chi connectivity index (χ1n) is 9.03. The minimum absolute atomic E-state index is 0.104. The minimum atomic E-state index is -0.104. The van der Waals surface area contributed by atoms with E-state index < -0.39 is 0 Å². The Balaban J connectivity index is 1.35. The summed E-state index contributed by atoms with van der Waals surface area (Å²) in [5.41, 5.74) is 0.937. The highest BCUT2D eigenvalue weighted by Gasteiger charge is 2.36. The maximum absolute atomic E-state index is 12.4. The van der Waals surface area contributed by atoms with E-state index in [2.05, 4.69) is 25.6 Å². The molecule has 2 fully saturated rings. The number of nitrogens with zero attached hydrogens (tertiary/aromatic N) is 4. The Labute approximate surface area is 147 Å². The first-order chi connectivity index (χ1) is 12.3. The lowest BCUT2D eigenvalue weighted by atomic mass is 9.99. The fourth-order valence-corrected chi connectivity index (χ4v) is 3.98. The van der Waals surface area contributed by atoms with Gasteiger partial charge in [-0.25, -0.2) is 14.5 Å². The van der Waals surface area contributed by atoms with Gasteiger partial charge in [-0.1, -0.05) is 12.5 Å². The van der Waals surface area contributed by atoms with Gasteiger partial charge in [0, 0.05) is 49.3 Å². The second-order valence-electron chi connectivity index (χ2n) is 6.76. The lowest BCUT2D eigenvalue weighted by Crippen LogP contribution is -2.49. The Morgan fingerprint density at radius 1 is 1.20 bits per heavy atom. The zero-order valence-corrected chi connectivity index (χ0v) is 14.3. The number of pyridine rings is 1. The summed E-state index contributed by atoms with van der Waals surface area (Å²) in [6.45, 7) is 2.70. The third-order valence-electron chi connectivity index (χ3n) is 5.20. The second-order valence-corrected chi connectivity index (χ2v) is 6.76. The molecule has 2 aliphatic heterocycles. The molecule has 7 heteroatoms. The van der Waals surface area contributed by atoms with Gasteiger partial charge in [-0.2, -0.15) is 5.10 Å². The van der Waals surface area contributed by atoms with Gasteiger partial charge in [-0.15, -0.1) is 0 Å². The van der Waals surface area contributed by atoms with Crippen LogP contribution >= 0.6 is 0 Å². The molecule has 0 saturated carbocycles. The number of fused-ring (bicyclic) bond motifs is 1. The van der Waals surface area contributed by atoms with Crippen LogP contribution in [-0.4, -0.2) is 50.9 Å². The SMILES string of the molecule is O=C(NCc1cccnc1-n1cccn1)N[C@@H]1CCN2CCCC[C@H]12. The zero-order valence-electron chi connectivity index (χ0n) is 14.3. The van der Waals surface area contributed by atoms with Crippen molar-refractivity contribution in [1.82, 2.24) is 30.3 Å². The molecule has 7 nitrogen and oxygen atoms in total. The predicted octanol–water partition coefficient (Wildman–Crippen LogP) is 1.69. The topological polar surface area (TPSA) is 75.1 Å². The van der Waals surface area contributed by atoms with Gasteiger partial charge in [0.15, 0.2) is 5.82 Å². The minimum Gasteiger partial charge on any atom is -0.334 e. The number of amides is 2. The predicted molar refractivity (Wildman–Crippen MR) is 94.3 cm³/mol. The summed E-state index contributed by atoms with van der Waals surface area (Å²) in [4.78, 5) is 19.3. The van der Waals surface area contributed by atoms with Crippen molar-refractivity contribution in [2.45, 2.75) is 44.3 Å². The third kappa shape index (κ3) is 3.51. The molecule has 2 aromatic rings. The van der Waals surface area contributed by atoms with E-state index in [1.807, 2.05) is 24.4 Å². The number of carbonyl (C=O) groups excluding carboxylic acids is 1. The van der Waals surface area contributed by atoms with Crippen molar-refractivity contribution in [1.29, 1.82) is 0 Å². The van der Waals surface area contributed by atoms with Crippen molar-refractivity contribution in [3.8, 4) is 5.82 Å². The first kappa shape index (κ1) is 16.1. The summed E-state index contributed by atoms with van der Waals surface area (Å²) >= 11 is 0. The fraction of sp³-hybridized carbons (Fsp3) is 0.500. The van der Waals surface area contributed by atoms with Gasteiger partial charge >= 0.3 is 6.03 Å². The summed E-state index contributed by atoms with van der Waals surface area (Å²) in [7, 11) is 0. The lowest BCUT2D eigenvalue weighted by molar-refractivity contribution is 0.179. The molecule has 2 N–H and O–H groups in total. The van der Waals surface area contributed by atoms with E-state index in [4.69, 9.17) is 0 Å². The van der Waals surface area contributed by atoms with Crippen LogP contribution in [0.3, 0.4) is 0 Å². The van der Waals surface area contributed by atoms with Crippen LogP contribution in [0, 0.1) is 0 Å². The van der Waals surface area contributed by atoms with E-state index in [9.17, 15) is 4.79 Å². The molecule has 2 amide bonds. The Bertz CT molecular complexity index is 716. The third-order valence-corrected chi connectivity index (χ3v) is 5.20. The number of piperidine rings is 1. The van der Waals surface area contributed by atoms with Crippen molar-refractivity contribution in [2.75, 3.05) is 13.1 Å². The van der Waals surface area contributed by atoms with E-state index in [-0.39, 0.29) is 12.1 Å². The molecule has 0 aromatic carbocycles. The molecule has 0 aliphatic carbocycles. The summed E-state index contributed by atoms with van der Waals surface area (Å²) in [6, 6.07) is 6.36. The molecule has 0 spiro atoms. The van der Waals surface area contributed by atoms with Crippen LogP contribution in [0.2, 0.25) is 0 Å². The van der Waals surface area contributed by atoms with Gasteiger partial charge in [0.1, 0.15) is 0 Å². The number of carbonyl (C=O) groups is 1. The van der Waals surface area contributed by atoms with Gasteiger partial charge in [0.05, 0.1) is 0 Å². The van der Waals surface area contributed by atoms with Gasteiger partial charge in [0.25, 0.3) is 0 Å². The first-order valence-corrected chi connectivity index (χ1v) is 9.03. The summed E-state index contributed by atoms with van der Waals surface area (Å²) in [5.74, 6) is 0.743. The van der Waals surface area contributed by atoms with E-state index >= 15 is 0 Å². The lowest BCUT2D eigenvalue weighted by Gasteiger charge is -2.32.